The zero-order chi connectivity index (χ0) is 22.1. The Balaban J connectivity index is 1.43. The average Bonchev–Trinajstić information content (AvgIpc) is 3.18. The number of hydrazine groups is 1. The number of hydrogen-bond donors (Lipinski definition) is 2. The van der Waals surface area contributed by atoms with Gasteiger partial charge in [-0.3, -0.25) is 20.4 Å². The van der Waals surface area contributed by atoms with Gasteiger partial charge in [-0.2, -0.15) is 0 Å². The van der Waals surface area contributed by atoms with Crippen molar-refractivity contribution in [2.24, 2.45) is 0 Å². The van der Waals surface area contributed by atoms with Gasteiger partial charge in [0.15, 0.2) is 11.5 Å². The van der Waals surface area contributed by atoms with Gasteiger partial charge in [-0.05, 0) is 32.4 Å². The van der Waals surface area contributed by atoms with Crippen LogP contribution in [0.1, 0.15) is 35.1 Å². The van der Waals surface area contributed by atoms with Gasteiger partial charge in [0.1, 0.15) is 9.88 Å². The molecule has 0 bridgehead atoms. The highest BCUT2D eigenvalue weighted by atomic mass is 32.1. The molecule has 3 rings (SSSR count). The first-order chi connectivity index (χ1) is 15.1. The smallest absolute Gasteiger partial charge is 0.281 e. The minimum absolute atomic E-state index is 0.216. The highest BCUT2D eigenvalue weighted by Crippen LogP contribution is 2.28. The summed E-state index contributed by atoms with van der Waals surface area (Å²) >= 11 is 1.29. The highest BCUT2D eigenvalue weighted by molar-refractivity contribution is 7.17. The molecule has 0 unspecified atom stereocenters. The van der Waals surface area contributed by atoms with Crippen LogP contribution in [-0.2, 0) is 4.79 Å². The quantitative estimate of drug-likeness (QED) is 0.386. The van der Waals surface area contributed by atoms with Gasteiger partial charge in [-0.15, -0.1) is 11.3 Å². The molecule has 0 spiro atoms. The molecule has 2 amide bonds. The molecule has 31 heavy (non-hydrogen) atoms. The number of aromatic nitrogens is 1. The molecule has 0 fully saturated rings. The van der Waals surface area contributed by atoms with Crippen LogP contribution in [0.4, 0.5) is 0 Å². The van der Waals surface area contributed by atoms with Crippen molar-refractivity contribution < 1.29 is 19.1 Å². The van der Waals surface area contributed by atoms with E-state index in [0.717, 1.165) is 10.6 Å². The molecule has 1 aromatic heterocycles. The molecular formula is C23H25N3O4S. The second-order valence-electron chi connectivity index (χ2n) is 6.63. The van der Waals surface area contributed by atoms with E-state index in [1.54, 1.807) is 6.92 Å². The Morgan fingerprint density at radius 1 is 0.968 bits per heavy atom. The molecular weight excluding hydrogens is 414 g/mol. The predicted molar refractivity (Wildman–Crippen MR) is 120 cm³/mol. The predicted octanol–water partition coefficient (Wildman–Crippen LogP) is 4.14. The monoisotopic (exact) mass is 439 g/mol. The van der Waals surface area contributed by atoms with Crippen molar-refractivity contribution in [1.82, 2.24) is 15.8 Å². The summed E-state index contributed by atoms with van der Waals surface area (Å²) in [5.41, 5.74) is 6.48. The van der Waals surface area contributed by atoms with Gasteiger partial charge < -0.3 is 9.47 Å². The molecule has 0 atom stereocenters. The van der Waals surface area contributed by atoms with Crippen LogP contribution in [0.3, 0.4) is 0 Å². The third kappa shape index (κ3) is 6.29. The summed E-state index contributed by atoms with van der Waals surface area (Å²) in [6, 6.07) is 17.1. The SMILES string of the molecule is CCOc1ccccc1OCCCC(=O)NNC(=O)c1sc(-c2ccccc2)nc1C. The Morgan fingerprint density at radius 3 is 2.35 bits per heavy atom. The third-order valence-electron chi connectivity index (χ3n) is 4.29. The molecule has 8 heteroatoms. The van der Waals surface area contributed by atoms with Crippen LogP contribution in [0.5, 0.6) is 11.5 Å². The molecule has 0 aliphatic carbocycles. The second-order valence-corrected chi connectivity index (χ2v) is 7.63. The van der Waals surface area contributed by atoms with Crippen molar-refractivity contribution in [2.75, 3.05) is 13.2 Å². The van der Waals surface area contributed by atoms with E-state index in [-0.39, 0.29) is 18.2 Å². The van der Waals surface area contributed by atoms with Crippen molar-refractivity contribution >= 4 is 23.2 Å². The maximum absolute atomic E-state index is 12.4. The number of carbonyl (C=O) groups is 2. The van der Waals surface area contributed by atoms with Crippen LogP contribution in [0.15, 0.2) is 54.6 Å². The number of thiazole rings is 1. The Kier molecular flexibility index (Phi) is 8.00. The van der Waals surface area contributed by atoms with Gasteiger partial charge >= 0.3 is 0 Å². The van der Waals surface area contributed by atoms with Gasteiger partial charge in [-0.1, -0.05) is 42.5 Å². The lowest BCUT2D eigenvalue weighted by Gasteiger charge is -2.11. The molecule has 2 aromatic carbocycles. The lowest BCUT2D eigenvalue weighted by atomic mass is 10.2. The number of aryl methyl sites for hydroxylation is 1. The third-order valence-corrected chi connectivity index (χ3v) is 5.50. The summed E-state index contributed by atoms with van der Waals surface area (Å²) in [5, 5.41) is 0.763. The Bertz CT molecular complexity index is 1020. The first kappa shape index (κ1) is 22.3. The zero-order valence-corrected chi connectivity index (χ0v) is 18.3. The number of benzene rings is 2. The molecule has 0 saturated heterocycles. The molecule has 0 aliphatic heterocycles. The first-order valence-electron chi connectivity index (χ1n) is 10.0. The van der Waals surface area contributed by atoms with E-state index in [1.165, 1.54) is 11.3 Å². The van der Waals surface area contributed by atoms with E-state index in [9.17, 15) is 9.59 Å². The summed E-state index contributed by atoms with van der Waals surface area (Å²) in [7, 11) is 0. The minimum Gasteiger partial charge on any atom is -0.490 e. The topological polar surface area (TPSA) is 89.5 Å². The fourth-order valence-corrected chi connectivity index (χ4v) is 3.78. The van der Waals surface area contributed by atoms with E-state index in [0.29, 0.717) is 41.7 Å². The molecule has 2 N–H and O–H groups in total. The largest absolute Gasteiger partial charge is 0.490 e. The maximum atomic E-state index is 12.4. The average molecular weight is 440 g/mol. The summed E-state index contributed by atoms with van der Waals surface area (Å²) in [4.78, 5) is 29.4. The van der Waals surface area contributed by atoms with E-state index >= 15 is 0 Å². The minimum atomic E-state index is -0.382. The fraction of sp³-hybridized carbons (Fsp3) is 0.261. The molecule has 162 valence electrons. The number of rotatable bonds is 9. The van der Waals surface area contributed by atoms with Crippen LogP contribution in [0, 0.1) is 6.92 Å². The van der Waals surface area contributed by atoms with E-state index < -0.39 is 0 Å². The fourth-order valence-electron chi connectivity index (χ4n) is 2.82. The first-order valence-corrected chi connectivity index (χ1v) is 10.9. The lowest BCUT2D eigenvalue weighted by Crippen LogP contribution is -2.41. The van der Waals surface area contributed by atoms with Crippen LogP contribution in [0.25, 0.3) is 10.6 Å². The second kappa shape index (κ2) is 11.1. The lowest BCUT2D eigenvalue weighted by molar-refractivity contribution is -0.122. The van der Waals surface area contributed by atoms with Crippen LogP contribution >= 0.6 is 11.3 Å². The molecule has 0 saturated carbocycles. The standard InChI is InChI=1S/C23H25N3O4S/c1-3-29-18-12-7-8-13-19(18)30-15-9-14-20(27)25-26-22(28)21-16(2)24-23(31-21)17-10-5-4-6-11-17/h4-8,10-13H,3,9,14-15H2,1-2H3,(H,25,27)(H,26,28). The van der Waals surface area contributed by atoms with Crippen LogP contribution in [-0.4, -0.2) is 30.0 Å². The number of nitrogens with zero attached hydrogens (tertiary/aromatic N) is 1. The van der Waals surface area contributed by atoms with Crippen molar-refractivity contribution in [3.63, 3.8) is 0 Å². The number of nitrogens with one attached hydrogen (secondary N) is 2. The number of amides is 2. The van der Waals surface area contributed by atoms with Gasteiger partial charge in [-0.25, -0.2) is 4.98 Å². The van der Waals surface area contributed by atoms with E-state index in [4.69, 9.17) is 9.47 Å². The van der Waals surface area contributed by atoms with Crippen molar-refractivity contribution in [3.8, 4) is 22.1 Å². The molecule has 1 heterocycles. The van der Waals surface area contributed by atoms with E-state index in [2.05, 4.69) is 15.8 Å². The van der Waals surface area contributed by atoms with Crippen molar-refractivity contribution in [3.05, 3.63) is 65.2 Å². The number of ether oxygens (including phenoxy) is 2. The molecule has 0 radical (unpaired) electrons. The Hall–Kier alpha value is -3.39. The summed E-state index contributed by atoms with van der Waals surface area (Å²) in [5.74, 6) is 0.650. The molecule has 0 aliphatic rings. The molecule has 3 aromatic rings. The summed E-state index contributed by atoms with van der Waals surface area (Å²) < 4.78 is 11.2. The number of hydrogen-bond acceptors (Lipinski definition) is 6. The van der Waals surface area contributed by atoms with Gasteiger partial charge in [0.05, 0.1) is 18.9 Å². The van der Waals surface area contributed by atoms with Crippen LogP contribution in [0.2, 0.25) is 0 Å². The number of carbonyl (C=O) groups excluding carboxylic acids is 2. The summed E-state index contributed by atoms with van der Waals surface area (Å²) in [6.45, 7) is 4.59. The van der Waals surface area contributed by atoms with Gasteiger partial charge in [0.2, 0.25) is 5.91 Å². The van der Waals surface area contributed by atoms with Gasteiger partial charge in [0, 0.05) is 12.0 Å². The zero-order valence-electron chi connectivity index (χ0n) is 17.5. The number of para-hydroxylation sites is 2. The highest BCUT2D eigenvalue weighted by Gasteiger charge is 2.16. The Labute approximate surface area is 185 Å². The maximum Gasteiger partial charge on any atom is 0.281 e. The Morgan fingerprint density at radius 2 is 1.65 bits per heavy atom. The van der Waals surface area contributed by atoms with Crippen LogP contribution < -0.4 is 20.3 Å². The van der Waals surface area contributed by atoms with Gasteiger partial charge in [0.25, 0.3) is 5.91 Å². The molecule has 7 nitrogen and oxygen atoms in total. The normalized spacial score (nSPS) is 10.4. The van der Waals surface area contributed by atoms with E-state index in [1.807, 2.05) is 61.5 Å². The summed E-state index contributed by atoms with van der Waals surface area (Å²) in [6.07, 6.45) is 0.716. The van der Waals surface area contributed by atoms with Crippen molar-refractivity contribution in [1.29, 1.82) is 0 Å². The van der Waals surface area contributed by atoms with Crippen molar-refractivity contribution in [2.45, 2.75) is 26.7 Å².